The Bertz CT molecular complexity index is 964. The van der Waals surface area contributed by atoms with Crippen LogP contribution in [-0.2, 0) is 4.79 Å². The lowest BCUT2D eigenvalue weighted by Gasteiger charge is -2.21. The van der Waals surface area contributed by atoms with Gasteiger partial charge in [-0.2, -0.15) is 0 Å². The monoisotopic (exact) mass is 414 g/mol. The van der Waals surface area contributed by atoms with Crippen molar-refractivity contribution in [2.24, 2.45) is 0 Å². The van der Waals surface area contributed by atoms with Gasteiger partial charge < -0.3 is 20.1 Å². The molecule has 0 aromatic heterocycles. The third kappa shape index (κ3) is 5.51. The SMILES string of the molecule is CC(C)(C)NC(=O)c1ccccc1NC(=O)/C=C/c1cc(Cl)c2c(c1)OCCO2. The molecule has 3 rings (SSSR count). The van der Waals surface area contributed by atoms with Gasteiger partial charge in [-0.1, -0.05) is 23.7 Å². The summed E-state index contributed by atoms with van der Waals surface area (Å²) in [6.45, 7) is 6.59. The van der Waals surface area contributed by atoms with Crippen LogP contribution < -0.4 is 20.1 Å². The third-order valence-electron chi connectivity index (χ3n) is 3.96. The van der Waals surface area contributed by atoms with Gasteiger partial charge in [0.25, 0.3) is 5.91 Å². The number of fused-ring (bicyclic) bond motifs is 1. The Morgan fingerprint density at radius 3 is 2.59 bits per heavy atom. The summed E-state index contributed by atoms with van der Waals surface area (Å²) in [7, 11) is 0. The number of hydrogen-bond donors (Lipinski definition) is 2. The van der Waals surface area contributed by atoms with E-state index in [-0.39, 0.29) is 17.4 Å². The van der Waals surface area contributed by atoms with Gasteiger partial charge in [0.1, 0.15) is 13.2 Å². The number of nitrogens with one attached hydrogen (secondary N) is 2. The number of carbonyl (C=O) groups is 2. The number of ether oxygens (including phenoxy) is 2. The molecule has 29 heavy (non-hydrogen) atoms. The molecule has 0 spiro atoms. The van der Waals surface area contributed by atoms with E-state index in [1.54, 1.807) is 42.5 Å². The number of carbonyl (C=O) groups excluding carboxylic acids is 2. The van der Waals surface area contributed by atoms with E-state index < -0.39 is 0 Å². The number of amides is 2. The van der Waals surface area contributed by atoms with E-state index in [2.05, 4.69) is 10.6 Å². The zero-order chi connectivity index (χ0) is 21.0. The second kappa shape index (κ2) is 8.57. The predicted molar refractivity (Wildman–Crippen MR) is 114 cm³/mol. The van der Waals surface area contributed by atoms with Crippen LogP contribution in [0, 0.1) is 0 Å². The summed E-state index contributed by atoms with van der Waals surface area (Å²) < 4.78 is 11.0. The molecule has 0 bridgehead atoms. The van der Waals surface area contributed by atoms with E-state index in [0.717, 1.165) is 0 Å². The number of hydrogen-bond acceptors (Lipinski definition) is 4. The van der Waals surface area contributed by atoms with Crippen molar-refractivity contribution >= 4 is 35.2 Å². The minimum Gasteiger partial charge on any atom is -0.486 e. The number of rotatable bonds is 4. The molecule has 0 unspecified atom stereocenters. The first-order valence-corrected chi connectivity index (χ1v) is 9.60. The lowest BCUT2D eigenvalue weighted by Crippen LogP contribution is -2.40. The molecular formula is C22H23ClN2O4. The minimum atomic E-state index is -0.383. The van der Waals surface area contributed by atoms with Crippen molar-refractivity contribution in [2.45, 2.75) is 26.3 Å². The molecule has 0 fully saturated rings. The summed E-state index contributed by atoms with van der Waals surface area (Å²) in [6.07, 6.45) is 3.00. The zero-order valence-corrected chi connectivity index (χ0v) is 17.3. The molecule has 6 nitrogen and oxygen atoms in total. The number of anilines is 1. The van der Waals surface area contributed by atoms with Crippen molar-refractivity contribution < 1.29 is 19.1 Å². The molecule has 152 valence electrons. The fourth-order valence-corrected chi connectivity index (χ4v) is 3.05. The van der Waals surface area contributed by atoms with Crippen molar-refractivity contribution in [3.63, 3.8) is 0 Å². The highest BCUT2D eigenvalue weighted by Crippen LogP contribution is 2.38. The molecule has 1 aliphatic rings. The fraction of sp³-hybridized carbons (Fsp3) is 0.273. The van der Waals surface area contributed by atoms with Crippen LogP contribution in [0.5, 0.6) is 11.5 Å². The Hall–Kier alpha value is -2.99. The molecule has 0 saturated heterocycles. The molecule has 1 aliphatic heterocycles. The molecule has 2 amide bonds. The topological polar surface area (TPSA) is 76.7 Å². The third-order valence-corrected chi connectivity index (χ3v) is 4.25. The molecule has 7 heteroatoms. The smallest absolute Gasteiger partial charge is 0.253 e. The maximum atomic E-state index is 12.5. The van der Waals surface area contributed by atoms with Gasteiger partial charge in [-0.05, 0) is 56.7 Å². The Kier molecular flexibility index (Phi) is 6.13. The van der Waals surface area contributed by atoms with Crippen LogP contribution in [0.15, 0.2) is 42.5 Å². The lowest BCUT2D eigenvalue weighted by atomic mass is 10.1. The van der Waals surface area contributed by atoms with Gasteiger partial charge in [0.05, 0.1) is 16.3 Å². The first-order valence-electron chi connectivity index (χ1n) is 9.23. The standard InChI is InChI=1S/C22H23ClN2O4/c1-22(2,3)25-21(27)15-6-4-5-7-17(15)24-19(26)9-8-14-12-16(23)20-18(13-14)28-10-11-29-20/h4-9,12-13H,10-11H2,1-3H3,(H,24,26)(H,25,27)/b9-8+. The van der Waals surface area contributed by atoms with Crippen LogP contribution in [-0.4, -0.2) is 30.6 Å². The van der Waals surface area contributed by atoms with Gasteiger partial charge >= 0.3 is 0 Å². The molecule has 0 atom stereocenters. The van der Waals surface area contributed by atoms with Crippen molar-refractivity contribution in [2.75, 3.05) is 18.5 Å². The van der Waals surface area contributed by atoms with Crippen molar-refractivity contribution in [3.05, 3.63) is 58.6 Å². The first-order chi connectivity index (χ1) is 13.7. The van der Waals surface area contributed by atoms with E-state index in [0.29, 0.717) is 46.5 Å². The molecular weight excluding hydrogens is 392 g/mol. The van der Waals surface area contributed by atoms with E-state index in [4.69, 9.17) is 21.1 Å². The van der Waals surface area contributed by atoms with Crippen molar-refractivity contribution in [3.8, 4) is 11.5 Å². The van der Waals surface area contributed by atoms with Crippen LogP contribution in [0.3, 0.4) is 0 Å². The second-order valence-corrected chi connectivity index (χ2v) is 8.01. The average molecular weight is 415 g/mol. The molecule has 0 aliphatic carbocycles. The first kappa shape index (κ1) is 20.7. The zero-order valence-electron chi connectivity index (χ0n) is 16.5. The highest BCUT2D eigenvalue weighted by molar-refractivity contribution is 6.32. The number of halogens is 1. The van der Waals surface area contributed by atoms with Gasteiger partial charge in [-0.3, -0.25) is 9.59 Å². The van der Waals surface area contributed by atoms with Crippen LogP contribution in [0.4, 0.5) is 5.69 Å². The number of para-hydroxylation sites is 1. The summed E-state index contributed by atoms with van der Waals surface area (Å²) in [4.78, 5) is 24.9. The highest BCUT2D eigenvalue weighted by atomic mass is 35.5. The summed E-state index contributed by atoms with van der Waals surface area (Å²) in [5.41, 5.74) is 1.15. The van der Waals surface area contributed by atoms with Crippen molar-refractivity contribution in [1.29, 1.82) is 0 Å². The van der Waals surface area contributed by atoms with Gasteiger partial charge in [-0.15, -0.1) is 0 Å². The van der Waals surface area contributed by atoms with Crippen molar-refractivity contribution in [1.82, 2.24) is 5.32 Å². The van der Waals surface area contributed by atoms with Gasteiger partial charge in [0.15, 0.2) is 11.5 Å². The molecule has 1 heterocycles. The quantitative estimate of drug-likeness (QED) is 0.731. The summed E-state index contributed by atoms with van der Waals surface area (Å²) in [6, 6.07) is 10.3. The average Bonchev–Trinajstić information content (AvgIpc) is 2.65. The Balaban J connectivity index is 1.73. The number of benzene rings is 2. The Morgan fingerprint density at radius 2 is 1.83 bits per heavy atom. The van der Waals surface area contributed by atoms with Gasteiger partial charge in [0.2, 0.25) is 5.91 Å². The van der Waals surface area contributed by atoms with E-state index in [1.807, 2.05) is 20.8 Å². The van der Waals surface area contributed by atoms with E-state index in [1.165, 1.54) is 6.08 Å². The van der Waals surface area contributed by atoms with E-state index in [9.17, 15) is 9.59 Å². The van der Waals surface area contributed by atoms with Gasteiger partial charge in [-0.25, -0.2) is 0 Å². The second-order valence-electron chi connectivity index (χ2n) is 7.60. The maximum absolute atomic E-state index is 12.5. The van der Waals surface area contributed by atoms with Crippen LogP contribution in [0.1, 0.15) is 36.7 Å². The highest BCUT2D eigenvalue weighted by Gasteiger charge is 2.19. The summed E-state index contributed by atoms with van der Waals surface area (Å²) in [5.74, 6) is 0.439. The molecule has 2 aromatic rings. The van der Waals surface area contributed by atoms with Crippen LogP contribution in [0.25, 0.3) is 6.08 Å². The maximum Gasteiger partial charge on any atom is 0.253 e. The molecule has 0 saturated carbocycles. The summed E-state index contributed by atoms with van der Waals surface area (Å²) in [5, 5.41) is 6.06. The lowest BCUT2D eigenvalue weighted by molar-refractivity contribution is -0.111. The largest absolute Gasteiger partial charge is 0.486 e. The summed E-state index contributed by atoms with van der Waals surface area (Å²) >= 11 is 6.22. The molecule has 0 radical (unpaired) electrons. The van der Waals surface area contributed by atoms with Crippen LogP contribution in [0.2, 0.25) is 5.02 Å². The Labute approximate surface area is 174 Å². The Morgan fingerprint density at radius 1 is 1.10 bits per heavy atom. The van der Waals surface area contributed by atoms with E-state index >= 15 is 0 Å². The fourth-order valence-electron chi connectivity index (χ4n) is 2.77. The minimum absolute atomic E-state index is 0.254. The van der Waals surface area contributed by atoms with Gasteiger partial charge in [0, 0.05) is 11.6 Å². The van der Waals surface area contributed by atoms with Crippen LogP contribution >= 0.6 is 11.6 Å². The predicted octanol–water partition coefficient (Wildman–Crippen LogP) is 4.29. The molecule has 2 aromatic carbocycles. The normalized spacial score (nSPS) is 13.2. The molecule has 2 N–H and O–H groups in total.